The molecule has 2 heterocycles. The minimum Gasteiger partial charge on any atom is -0.349 e. The largest absolute Gasteiger partial charge is 0.433 e. The van der Waals surface area contributed by atoms with E-state index in [4.69, 9.17) is 11.6 Å². The van der Waals surface area contributed by atoms with Crippen molar-refractivity contribution in [3.8, 4) is 11.3 Å². The van der Waals surface area contributed by atoms with Crippen LogP contribution in [0.15, 0.2) is 53.9 Å². The number of hydrogen-bond donors (Lipinski definition) is 0. The van der Waals surface area contributed by atoms with Gasteiger partial charge in [0.05, 0.1) is 5.69 Å². The molecular formula is C17H13ClF3N3O2S. The Balaban J connectivity index is 1.99. The summed E-state index contributed by atoms with van der Waals surface area (Å²) in [4.78, 5) is 6.93. The molecule has 3 aromatic rings. The van der Waals surface area contributed by atoms with E-state index in [0.29, 0.717) is 17.1 Å². The number of benzene rings is 1. The van der Waals surface area contributed by atoms with Crippen LogP contribution in [0.5, 0.6) is 0 Å². The van der Waals surface area contributed by atoms with Crippen molar-refractivity contribution in [2.45, 2.75) is 17.9 Å². The smallest absolute Gasteiger partial charge is 0.349 e. The van der Waals surface area contributed by atoms with Gasteiger partial charge in [0.2, 0.25) is 15.0 Å². The van der Waals surface area contributed by atoms with Crippen LogP contribution in [0.25, 0.3) is 11.3 Å². The molecule has 0 aliphatic carbocycles. The molecule has 0 saturated heterocycles. The summed E-state index contributed by atoms with van der Waals surface area (Å²) < 4.78 is 64.3. The van der Waals surface area contributed by atoms with Crippen molar-refractivity contribution in [2.24, 2.45) is 0 Å². The Morgan fingerprint density at radius 3 is 2.37 bits per heavy atom. The predicted molar refractivity (Wildman–Crippen MR) is 94.1 cm³/mol. The first-order valence-corrected chi connectivity index (χ1v) is 9.86. The van der Waals surface area contributed by atoms with E-state index >= 15 is 0 Å². The van der Waals surface area contributed by atoms with Gasteiger partial charge in [-0.05, 0) is 29.8 Å². The van der Waals surface area contributed by atoms with E-state index in [0.717, 1.165) is 17.9 Å². The molecule has 0 aliphatic heterocycles. The van der Waals surface area contributed by atoms with Crippen molar-refractivity contribution in [3.63, 3.8) is 0 Å². The van der Waals surface area contributed by atoms with E-state index in [1.807, 2.05) is 12.1 Å². The van der Waals surface area contributed by atoms with Gasteiger partial charge in [-0.1, -0.05) is 23.7 Å². The lowest BCUT2D eigenvalue weighted by Crippen LogP contribution is -2.14. The quantitative estimate of drug-likeness (QED) is 0.602. The molecule has 0 N–H and O–H groups in total. The minimum atomic E-state index is -4.79. The average Bonchev–Trinajstić information content (AvgIpc) is 3.03. The summed E-state index contributed by atoms with van der Waals surface area (Å²) in [6.07, 6.45) is -0.774. The molecular weight excluding hydrogens is 403 g/mol. The molecule has 2 aromatic heterocycles. The number of halogens is 4. The highest BCUT2D eigenvalue weighted by molar-refractivity contribution is 7.90. The Labute approximate surface area is 158 Å². The van der Waals surface area contributed by atoms with Crippen LogP contribution >= 0.6 is 11.6 Å². The van der Waals surface area contributed by atoms with Gasteiger partial charge in [-0.2, -0.15) is 13.2 Å². The Hall–Kier alpha value is -2.39. The molecule has 27 heavy (non-hydrogen) atoms. The fourth-order valence-electron chi connectivity index (χ4n) is 2.38. The number of sulfone groups is 1. The lowest BCUT2D eigenvalue weighted by atomic mass is 10.2. The van der Waals surface area contributed by atoms with Crippen LogP contribution in [0.1, 0.15) is 11.3 Å². The summed E-state index contributed by atoms with van der Waals surface area (Å²) in [6.45, 7) is 0.466. The van der Waals surface area contributed by atoms with Crippen molar-refractivity contribution in [3.05, 3.63) is 65.1 Å². The number of alkyl halides is 3. The van der Waals surface area contributed by atoms with Gasteiger partial charge in [0, 0.05) is 35.8 Å². The molecule has 0 amide bonds. The van der Waals surface area contributed by atoms with Gasteiger partial charge in [-0.25, -0.2) is 18.4 Å². The number of aromatic nitrogens is 3. The minimum absolute atomic E-state index is 0.118. The zero-order chi connectivity index (χ0) is 19.8. The van der Waals surface area contributed by atoms with Crippen molar-refractivity contribution in [2.75, 3.05) is 6.26 Å². The second-order valence-electron chi connectivity index (χ2n) is 5.89. The number of hydrogen-bond acceptors (Lipinski definition) is 4. The highest BCUT2D eigenvalue weighted by atomic mass is 35.5. The third kappa shape index (κ3) is 4.67. The van der Waals surface area contributed by atoms with Gasteiger partial charge in [0.15, 0.2) is 0 Å². The molecule has 0 fully saturated rings. The average molecular weight is 416 g/mol. The molecule has 0 saturated carbocycles. The molecule has 1 aromatic carbocycles. The maximum absolute atomic E-state index is 13.1. The molecule has 5 nitrogen and oxygen atoms in total. The zero-order valence-corrected chi connectivity index (χ0v) is 15.5. The van der Waals surface area contributed by atoms with E-state index in [2.05, 4.69) is 9.97 Å². The van der Waals surface area contributed by atoms with Crippen LogP contribution in [-0.2, 0) is 22.6 Å². The second kappa shape index (κ2) is 6.97. The molecule has 142 valence electrons. The third-order valence-corrected chi connectivity index (χ3v) is 4.75. The van der Waals surface area contributed by atoms with Crippen molar-refractivity contribution in [1.82, 2.24) is 14.5 Å². The predicted octanol–water partition coefficient (Wildman–Crippen LogP) is 4.07. The van der Waals surface area contributed by atoms with Gasteiger partial charge in [0.25, 0.3) is 0 Å². The molecule has 0 unspecified atom stereocenters. The van der Waals surface area contributed by atoms with Crippen LogP contribution in [0.2, 0.25) is 5.02 Å². The lowest BCUT2D eigenvalue weighted by molar-refractivity contribution is -0.141. The topological polar surface area (TPSA) is 64.8 Å². The van der Waals surface area contributed by atoms with E-state index in [1.165, 1.54) is 0 Å². The maximum Gasteiger partial charge on any atom is 0.433 e. The van der Waals surface area contributed by atoms with Gasteiger partial charge in [0.1, 0.15) is 5.69 Å². The monoisotopic (exact) mass is 415 g/mol. The molecule has 0 atom stereocenters. The first-order valence-electron chi connectivity index (χ1n) is 7.59. The fourth-order valence-corrected chi connectivity index (χ4v) is 3.03. The standard InChI is InChI=1S/C17H13ClF3N3O2S/c1-27(25,26)16-22-14(8-15(23-16)17(19,20)21)12-6-7-24(10-12)9-11-2-4-13(18)5-3-11/h2-8,10H,9H2,1H3. The van der Waals surface area contributed by atoms with Gasteiger partial charge in [-0.3, -0.25) is 0 Å². The first kappa shape index (κ1) is 19.4. The molecule has 10 heteroatoms. The molecule has 0 spiro atoms. The van der Waals surface area contributed by atoms with Crippen molar-refractivity contribution in [1.29, 1.82) is 0 Å². The Kier molecular flexibility index (Phi) is 5.00. The van der Waals surface area contributed by atoms with Crippen LogP contribution in [0.4, 0.5) is 13.2 Å². The van der Waals surface area contributed by atoms with Crippen molar-refractivity contribution >= 4 is 21.4 Å². The fraction of sp³-hybridized carbons (Fsp3) is 0.176. The highest BCUT2D eigenvalue weighted by Crippen LogP contribution is 2.31. The summed E-state index contributed by atoms with van der Waals surface area (Å²) in [6, 6.07) is 9.42. The normalized spacial score (nSPS) is 12.3. The van der Waals surface area contributed by atoms with Gasteiger partial charge in [-0.15, -0.1) is 0 Å². The molecule has 3 rings (SSSR count). The summed E-state index contributed by atoms with van der Waals surface area (Å²) in [5.41, 5.74) is -0.134. The summed E-state index contributed by atoms with van der Waals surface area (Å²) in [5, 5.41) is -0.265. The summed E-state index contributed by atoms with van der Waals surface area (Å²) in [7, 11) is -4.00. The van der Waals surface area contributed by atoms with Gasteiger partial charge >= 0.3 is 6.18 Å². The SMILES string of the molecule is CS(=O)(=O)c1nc(-c2ccn(Cc3ccc(Cl)cc3)c2)cc(C(F)(F)F)n1. The zero-order valence-electron chi connectivity index (χ0n) is 13.9. The summed E-state index contributed by atoms with van der Waals surface area (Å²) >= 11 is 5.84. The lowest BCUT2D eigenvalue weighted by Gasteiger charge is -2.09. The number of nitrogens with zero attached hydrogens (tertiary/aromatic N) is 3. The molecule has 0 bridgehead atoms. The van der Waals surface area contributed by atoms with Crippen LogP contribution in [0, 0.1) is 0 Å². The first-order chi connectivity index (χ1) is 12.5. The number of rotatable bonds is 4. The van der Waals surface area contributed by atoms with E-state index in [1.54, 1.807) is 35.2 Å². The Bertz CT molecular complexity index is 1080. The highest BCUT2D eigenvalue weighted by Gasteiger charge is 2.34. The van der Waals surface area contributed by atoms with E-state index in [-0.39, 0.29) is 5.69 Å². The van der Waals surface area contributed by atoms with E-state index < -0.39 is 26.9 Å². The van der Waals surface area contributed by atoms with Crippen LogP contribution in [0.3, 0.4) is 0 Å². The van der Waals surface area contributed by atoms with Gasteiger partial charge < -0.3 is 4.57 Å². The van der Waals surface area contributed by atoms with Crippen LogP contribution in [-0.4, -0.2) is 29.2 Å². The Morgan fingerprint density at radius 1 is 1.11 bits per heavy atom. The Morgan fingerprint density at radius 2 is 1.78 bits per heavy atom. The van der Waals surface area contributed by atoms with E-state index in [9.17, 15) is 21.6 Å². The van der Waals surface area contributed by atoms with Crippen LogP contribution < -0.4 is 0 Å². The molecule has 0 radical (unpaired) electrons. The van der Waals surface area contributed by atoms with Crippen molar-refractivity contribution < 1.29 is 21.6 Å². The third-order valence-electron chi connectivity index (χ3n) is 3.65. The maximum atomic E-state index is 13.1. The molecule has 0 aliphatic rings. The summed E-state index contributed by atoms with van der Waals surface area (Å²) in [5.74, 6) is 0. The second-order valence-corrected chi connectivity index (χ2v) is 8.24.